The predicted octanol–water partition coefficient (Wildman–Crippen LogP) is 2.26. The standard InChI is InChI=1S/C19H22N4O3S/c1-12(23-17(25)19(2,3)22-18(23)26)16(24)21-15(11-13-7-6-10-27-13)14-8-4-5-9-20-14/h4-10,12,15H,11H2,1-3H3,(H,21,24)(H,22,26)/t12-,15+/m0/s1. The fraction of sp³-hybridized carbons (Fsp3) is 0.368. The highest BCUT2D eigenvalue weighted by atomic mass is 32.1. The van der Waals surface area contributed by atoms with Crippen LogP contribution in [0.1, 0.15) is 37.4 Å². The summed E-state index contributed by atoms with van der Waals surface area (Å²) in [7, 11) is 0. The van der Waals surface area contributed by atoms with Crippen LogP contribution in [0.25, 0.3) is 0 Å². The Bertz CT molecular complexity index is 836. The molecular formula is C19H22N4O3S. The maximum absolute atomic E-state index is 12.8. The zero-order valence-corrected chi connectivity index (χ0v) is 16.2. The van der Waals surface area contributed by atoms with E-state index in [2.05, 4.69) is 15.6 Å². The van der Waals surface area contributed by atoms with Gasteiger partial charge in [-0.25, -0.2) is 9.69 Å². The van der Waals surface area contributed by atoms with Gasteiger partial charge in [-0.1, -0.05) is 12.1 Å². The normalized spacial score (nSPS) is 18.1. The Morgan fingerprint density at radius 3 is 2.63 bits per heavy atom. The molecule has 3 rings (SSSR count). The van der Waals surface area contributed by atoms with Crippen LogP contribution < -0.4 is 10.6 Å². The van der Waals surface area contributed by atoms with Crippen molar-refractivity contribution < 1.29 is 14.4 Å². The number of hydrogen-bond donors (Lipinski definition) is 2. The number of nitrogens with zero attached hydrogens (tertiary/aromatic N) is 2. The summed E-state index contributed by atoms with van der Waals surface area (Å²) in [6, 6.07) is 7.64. The van der Waals surface area contributed by atoms with Gasteiger partial charge in [-0.3, -0.25) is 14.6 Å². The summed E-state index contributed by atoms with van der Waals surface area (Å²) in [5, 5.41) is 7.52. The molecule has 2 aromatic rings. The number of aromatic nitrogens is 1. The second-order valence-corrected chi connectivity index (χ2v) is 8.04. The molecule has 0 saturated carbocycles. The molecule has 8 heteroatoms. The van der Waals surface area contributed by atoms with Crippen molar-refractivity contribution in [3.8, 4) is 0 Å². The second-order valence-electron chi connectivity index (χ2n) is 7.01. The van der Waals surface area contributed by atoms with Gasteiger partial charge in [0.05, 0.1) is 11.7 Å². The van der Waals surface area contributed by atoms with E-state index >= 15 is 0 Å². The Morgan fingerprint density at radius 2 is 2.07 bits per heavy atom. The zero-order chi connectivity index (χ0) is 19.6. The first-order chi connectivity index (χ1) is 12.8. The molecule has 0 unspecified atom stereocenters. The minimum atomic E-state index is -1.01. The number of amides is 4. The monoisotopic (exact) mass is 386 g/mol. The van der Waals surface area contributed by atoms with Crippen molar-refractivity contribution in [2.75, 3.05) is 0 Å². The molecule has 142 valence electrons. The van der Waals surface area contributed by atoms with Gasteiger partial charge in [0.25, 0.3) is 5.91 Å². The SMILES string of the molecule is C[C@@H](C(=O)N[C@H](Cc1cccs1)c1ccccn1)N1C(=O)NC(C)(C)C1=O. The van der Waals surface area contributed by atoms with Crippen LogP contribution in [0.2, 0.25) is 0 Å². The summed E-state index contributed by atoms with van der Waals surface area (Å²) in [6.07, 6.45) is 2.26. The van der Waals surface area contributed by atoms with Gasteiger partial charge in [0.2, 0.25) is 5.91 Å². The number of hydrogen-bond acceptors (Lipinski definition) is 5. The maximum atomic E-state index is 12.8. The Labute approximate surface area is 161 Å². The lowest BCUT2D eigenvalue weighted by molar-refractivity contribution is -0.137. The zero-order valence-electron chi connectivity index (χ0n) is 15.4. The van der Waals surface area contributed by atoms with Crippen LogP contribution in [0.5, 0.6) is 0 Å². The predicted molar refractivity (Wildman–Crippen MR) is 102 cm³/mol. The third-order valence-electron chi connectivity index (χ3n) is 4.51. The van der Waals surface area contributed by atoms with Crippen LogP contribution in [-0.2, 0) is 16.0 Å². The smallest absolute Gasteiger partial charge is 0.325 e. The van der Waals surface area contributed by atoms with Crippen molar-refractivity contribution in [3.05, 3.63) is 52.5 Å². The number of rotatable bonds is 6. The fourth-order valence-corrected chi connectivity index (χ4v) is 3.73. The summed E-state index contributed by atoms with van der Waals surface area (Å²) in [6.45, 7) is 4.78. The molecule has 1 aliphatic heterocycles. The van der Waals surface area contributed by atoms with E-state index < -0.39 is 29.4 Å². The number of carbonyl (C=O) groups excluding carboxylic acids is 3. The Hall–Kier alpha value is -2.74. The lowest BCUT2D eigenvalue weighted by atomic mass is 10.1. The van der Waals surface area contributed by atoms with E-state index in [4.69, 9.17) is 0 Å². The van der Waals surface area contributed by atoms with Crippen molar-refractivity contribution in [2.24, 2.45) is 0 Å². The molecule has 3 heterocycles. The van der Waals surface area contributed by atoms with Gasteiger partial charge >= 0.3 is 6.03 Å². The average molecular weight is 386 g/mol. The molecule has 0 bridgehead atoms. The van der Waals surface area contributed by atoms with Crippen LogP contribution >= 0.6 is 11.3 Å². The highest BCUT2D eigenvalue weighted by Gasteiger charge is 2.48. The van der Waals surface area contributed by atoms with Gasteiger partial charge in [-0.15, -0.1) is 11.3 Å². The summed E-state index contributed by atoms with van der Waals surface area (Å²) in [4.78, 5) is 43.9. The summed E-state index contributed by atoms with van der Waals surface area (Å²) >= 11 is 1.60. The first-order valence-electron chi connectivity index (χ1n) is 8.69. The molecule has 0 aliphatic carbocycles. The van der Waals surface area contributed by atoms with Gasteiger partial charge in [0, 0.05) is 17.5 Å². The molecule has 1 saturated heterocycles. The Morgan fingerprint density at radius 1 is 1.30 bits per heavy atom. The summed E-state index contributed by atoms with van der Waals surface area (Å²) < 4.78 is 0. The van der Waals surface area contributed by atoms with Crippen LogP contribution in [-0.4, -0.2) is 39.3 Å². The number of thiophene rings is 1. The molecule has 0 radical (unpaired) electrons. The van der Waals surface area contributed by atoms with E-state index in [1.54, 1.807) is 38.3 Å². The minimum absolute atomic E-state index is 0.353. The first-order valence-corrected chi connectivity index (χ1v) is 9.57. The fourth-order valence-electron chi connectivity index (χ4n) is 2.98. The molecule has 7 nitrogen and oxygen atoms in total. The lowest BCUT2D eigenvalue weighted by Crippen LogP contribution is -2.50. The topological polar surface area (TPSA) is 91.4 Å². The van der Waals surface area contributed by atoms with Crippen LogP contribution in [0.15, 0.2) is 41.9 Å². The van der Waals surface area contributed by atoms with Crippen molar-refractivity contribution in [1.29, 1.82) is 0 Å². The molecule has 1 aliphatic rings. The number of pyridine rings is 1. The molecule has 0 aromatic carbocycles. The van der Waals surface area contributed by atoms with Crippen molar-refractivity contribution in [2.45, 2.75) is 44.8 Å². The quantitative estimate of drug-likeness (QED) is 0.745. The van der Waals surface area contributed by atoms with E-state index in [-0.39, 0.29) is 6.04 Å². The molecule has 27 heavy (non-hydrogen) atoms. The molecule has 4 amide bonds. The van der Waals surface area contributed by atoms with E-state index in [1.165, 1.54) is 0 Å². The van der Waals surface area contributed by atoms with Gasteiger partial charge in [0.1, 0.15) is 11.6 Å². The number of imide groups is 1. The maximum Gasteiger partial charge on any atom is 0.325 e. The number of urea groups is 1. The van der Waals surface area contributed by atoms with Crippen molar-refractivity contribution >= 4 is 29.2 Å². The molecule has 2 N–H and O–H groups in total. The summed E-state index contributed by atoms with van der Waals surface area (Å²) in [5.41, 5.74) is -0.285. The van der Waals surface area contributed by atoms with E-state index in [0.717, 1.165) is 15.5 Å². The van der Waals surface area contributed by atoms with Crippen LogP contribution in [0.3, 0.4) is 0 Å². The van der Waals surface area contributed by atoms with Crippen LogP contribution in [0, 0.1) is 0 Å². The third-order valence-corrected chi connectivity index (χ3v) is 5.40. The van der Waals surface area contributed by atoms with E-state index in [1.807, 2.05) is 35.7 Å². The van der Waals surface area contributed by atoms with Crippen molar-refractivity contribution in [3.63, 3.8) is 0 Å². The Kier molecular flexibility index (Phi) is 5.27. The highest BCUT2D eigenvalue weighted by Crippen LogP contribution is 2.22. The van der Waals surface area contributed by atoms with Gasteiger partial charge < -0.3 is 10.6 Å². The molecule has 1 fully saturated rings. The van der Waals surface area contributed by atoms with Crippen LogP contribution in [0.4, 0.5) is 4.79 Å². The number of carbonyl (C=O) groups is 3. The second kappa shape index (κ2) is 7.48. The van der Waals surface area contributed by atoms with Gasteiger partial charge in [-0.2, -0.15) is 0 Å². The Balaban J connectivity index is 1.78. The van der Waals surface area contributed by atoms with Crippen molar-refractivity contribution in [1.82, 2.24) is 20.5 Å². The molecule has 0 spiro atoms. The number of nitrogens with one attached hydrogen (secondary N) is 2. The van der Waals surface area contributed by atoms with E-state index in [9.17, 15) is 14.4 Å². The van der Waals surface area contributed by atoms with E-state index in [0.29, 0.717) is 6.42 Å². The molecule has 2 atom stereocenters. The van der Waals surface area contributed by atoms with Gasteiger partial charge in [0.15, 0.2) is 0 Å². The lowest BCUT2D eigenvalue weighted by Gasteiger charge is -2.25. The average Bonchev–Trinajstić information content (AvgIpc) is 3.20. The molecule has 2 aromatic heterocycles. The first kappa shape index (κ1) is 19.0. The molecular weight excluding hydrogens is 364 g/mol. The summed E-state index contributed by atoms with van der Waals surface area (Å²) in [5.74, 6) is -0.814. The highest BCUT2D eigenvalue weighted by molar-refractivity contribution is 7.09. The van der Waals surface area contributed by atoms with Gasteiger partial charge in [-0.05, 0) is 44.4 Å². The minimum Gasteiger partial charge on any atom is -0.346 e. The largest absolute Gasteiger partial charge is 0.346 e. The third kappa shape index (κ3) is 4.00.